The quantitative estimate of drug-likeness (QED) is 0.418. The number of fused-ring (bicyclic) bond motifs is 1. The molecule has 2 rings (SSSR count). The van der Waals surface area contributed by atoms with Crippen molar-refractivity contribution in [1.29, 1.82) is 0 Å². The van der Waals surface area contributed by atoms with Crippen molar-refractivity contribution in [2.75, 3.05) is 24.1 Å². The van der Waals surface area contributed by atoms with Gasteiger partial charge in [-0.2, -0.15) is 0 Å². The predicted octanol–water partition coefficient (Wildman–Crippen LogP) is 1.67. The molecular weight excluding hydrogens is 240 g/mol. The first-order chi connectivity index (χ1) is 9.24. The normalized spacial score (nSPS) is 10.4. The molecule has 4 N–H and O–H groups in total. The number of amides is 1. The summed E-state index contributed by atoms with van der Waals surface area (Å²) in [4.78, 5) is 14.5. The van der Waals surface area contributed by atoms with Crippen LogP contribution in [-0.4, -0.2) is 24.5 Å². The third-order valence-electron chi connectivity index (χ3n) is 3.01. The highest BCUT2D eigenvalue weighted by Gasteiger charge is 2.06. The van der Waals surface area contributed by atoms with Gasteiger partial charge in [-0.3, -0.25) is 4.79 Å². The highest BCUT2D eigenvalue weighted by Crippen LogP contribution is 2.28. The number of hydrogen-bond donors (Lipinski definition) is 3. The number of carbonyl (C=O) groups excluding carboxylic acids is 1. The van der Waals surface area contributed by atoms with Crippen LogP contribution in [0.1, 0.15) is 12.0 Å². The summed E-state index contributed by atoms with van der Waals surface area (Å²) in [5.41, 5.74) is 7.85. The van der Waals surface area contributed by atoms with Crippen molar-refractivity contribution in [3.63, 3.8) is 0 Å². The van der Waals surface area contributed by atoms with E-state index in [0.29, 0.717) is 13.0 Å². The summed E-state index contributed by atoms with van der Waals surface area (Å²) in [5, 5.41) is 7.99. The number of nitrogens with zero attached hydrogens (tertiary/aromatic N) is 1. The van der Waals surface area contributed by atoms with E-state index in [1.807, 2.05) is 31.3 Å². The van der Waals surface area contributed by atoms with Gasteiger partial charge in [0.2, 0.25) is 6.41 Å². The minimum atomic E-state index is 0.655. The molecule has 1 heterocycles. The van der Waals surface area contributed by atoms with Crippen LogP contribution in [0.5, 0.6) is 0 Å². The second-order valence-corrected chi connectivity index (χ2v) is 4.41. The second kappa shape index (κ2) is 6.04. The summed E-state index contributed by atoms with van der Waals surface area (Å²) in [6.45, 7) is 3.41. The molecule has 0 bridgehead atoms. The Morgan fingerprint density at radius 2 is 2.21 bits per heavy atom. The van der Waals surface area contributed by atoms with Crippen molar-refractivity contribution in [2.45, 2.75) is 13.3 Å². The Bertz CT molecular complexity index is 575. The minimum absolute atomic E-state index is 0.655. The van der Waals surface area contributed by atoms with E-state index in [1.165, 1.54) is 0 Å². The summed E-state index contributed by atoms with van der Waals surface area (Å²) < 4.78 is 0. The molecule has 19 heavy (non-hydrogen) atoms. The van der Waals surface area contributed by atoms with Gasteiger partial charge in [-0.25, -0.2) is 4.98 Å². The number of anilines is 2. The average Bonchev–Trinajstić information content (AvgIpc) is 2.41. The van der Waals surface area contributed by atoms with Crippen molar-refractivity contribution in [3.8, 4) is 0 Å². The molecule has 0 aliphatic rings. The van der Waals surface area contributed by atoms with Gasteiger partial charge in [0.25, 0.3) is 0 Å². The molecule has 1 aromatic heterocycles. The zero-order valence-electron chi connectivity index (χ0n) is 10.9. The van der Waals surface area contributed by atoms with Crippen LogP contribution in [0.15, 0.2) is 24.4 Å². The molecule has 100 valence electrons. The topological polar surface area (TPSA) is 80.0 Å². The van der Waals surface area contributed by atoms with Crippen molar-refractivity contribution < 1.29 is 4.79 Å². The molecular formula is C14H18N4O. The summed E-state index contributed by atoms with van der Waals surface area (Å²) >= 11 is 0. The predicted molar refractivity (Wildman–Crippen MR) is 78.1 cm³/mol. The van der Waals surface area contributed by atoms with Gasteiger partial charge in [0.05, 0.1) is 0 Å². The smallest absolute Gasteiger partial charge is 0.207 e. The number of nitrogen functional groups attached to an aromatic ring is 1. The molecule has 0 spiro atoms. The highest BCUT2D eigenvalue weighted by molar-refractivity contribution is 6.01. The molecule has 0 atom stereocenters. The lowest BCUT2D eigenvalue weighted by Gasteiger charge is -2.11. The zero-order chi connectivity index (χ0) is 13.7. The number of pyridine rings is 1. The summed E-state index contributed by atoms with van der Waals surface area (Å²) in [6.07, 6.45) is 3.38. The first kappa shape index (κ1) is 13.1. The molecule has 1 amide bonds. The number of nitrogens with two attached hydrogens (primary N) is 1. The highest BCUT2D eigenvalue weighted by atomic mass is 16.1. The Kier molecular flexibility index (Phi) is 4.18. The first-order valence-corrected chi connectivity index (χ1v) is 6.28. The molecule has 5 heteroatoms. The van der Waals surface area contributed by atoms with Gasteiger partial charge in [-0.05, 0) is 25.0 Å². The maximum atomic E-state index is 10.1. The van der Waals surface area contributed by atoms with Gasteiger partial charge in [0, 0.05) is 35.7 Å². The maximum absolute atomic E-state index is 10.1. The van der Waals surface area contributed by atoms with Gasteiger partial charge in [0.1, 0.15) is 5.82 Å². The van der Waals surface area contributed by atoms with Crippen LogP contribution in [0.4, 0.5) is 11.5 Å². The van der Waals surface area contributed by atoms with Crippen LogP contribution in [0.25, 0.3) is 10.8 Å². The van der Waals surface area contributed by atoms with Gasteiger partial charge in [-0.15, -0.1) is 0 Å². The number of aryl methyl sites for hydroxylation is 1. The number of benzene rings is 1. The SMILES string of the molecule is Cc1cnc(NCCCNC=O)c2cccc(N)c12. The lowest BCUT2D eigenvalue weighted by molar-refractivity contribution is -0.109. The van der Waals surface area contributed by atoms with E-state index in [0.717, 1.165) is 40.8 Å². The van der Waals surface area contributed by atoms with E-state index in [2.05, 4.69) is 15.6 Å². The Morgan fingerprint density at radius 3 is 3.00 bits per heavy atom. The summed E-state index contributed by atoms with van der Waals surface area (Å²) in [7, 11) is 0. The second-order valence-electron chi connectivity index (χ2n) is 4.41. The monoisotopic (exact) mass is 258 g/mol. The Morgan fingerprint density at radius 1 is 1.37 bits per heavy atom. The van der Waals surface area contributed by atoms with Gasteiger partial charge < -0.3 is 16.4 Å². The molecule has 0 saturated heterocycles. The van der Waals surface area contributed by atoms with E-state index >= 15 is 0 Å². The Hall–Kier alpha value is -2.30. The van der Waals surface area contributed by atoms with Crippen LogP contribution in [0.2, 0.25) is 0 Å². The molecule has 1 aromatic carbocycles. The van der Waals surface area contributed by atoms with Gasteiger partial charge >= 0.3 is 0 Å². The van der Waals surface area contributed by atoms with E-state index in [9.17, 15) is 4.79 Å². The number of nitrogens with one attached hydrogen (secondary N) is 2. The fraction of sp³-hybridized carbons (Fsp3) is 0.286. The zero-order valence-corrected chi connectivity index (χ0v) is 10.9. The fourth-order valence-electron chi connectivity index (χ4n) is 2.10. The van der Waals surface area contributed by atoms with Crippen molar-refractivity contribution in [1.82, 2.24) is 10.3 Å². The van der Waals surface area contributed by atoms with Crippen molar-refractivity contribution >= 4 is 28.7 Å². The van der Waals surface area contributed by atoms with Crippen LogP contribution >= 0.6 is 0 Å². The van der Waals surface area contributed by atoms with E-state index < -0.39 is 0 Å². The minimum Gasteiger partial charge on any atom is -0.398 e. The number of hydrogen-bond acceptors (Lipinski definition) is 4. The summed E-state index contributed by atoms with van der Waals surface area (Å²) in [5.74, 6) is 0.832. The molecule has 0 fully saturated rings. The molecule has 0 saturated carbocycles. The summed E-state index contributed by atoms with van der Waals surface area (Å²) in [6, 6.07) is 5.84. The Labute approximate surface area is 112 Å². The van der Waals surface area contributed by atoms with E-state index in [-0.39, 0.29) is 0 Å². The number of carbonyl (C=O) groups is 1. The lowest BCUT2D eigenvalue weighted by Crippen LogP contribution is -2.16. The lowest BCUT2D eigenvalue weighted by atomic mass is 10.1. The van der Waals surface area contributed by atoms with Crippen LogP contribution in [-0.2, 0) is 4.79 Å². The van der Waals surface area contributed by atoms with E-state index in [4.69, 9.17) is 5.73 Å². The molecule has 2 aromatic rings. The van der Waals surface area contributed by atoms with Crippen LogP contribution in [0.3, 0.4) is 0 Å². The van der Waals surface area contributed by atoms with Gasteiger partial charge in [-0.1, -0.05) is 12.1 Å². The Balaban J connectivity index is 2.17. The van der Waals surface area contributed by atoms with Crippen molar-refractivity contribution in [3.05, 3.63) is 30.0 Å². The molecule has 5 nitrogen and oxygen atoms in total. The standard InChI is InChI=1S/C14H18N4O/c1-10-8-18-14(17-7-3-6-16-9-19)11-4-2-5-12(15)13(10)11/h2,4-5,8-9H,3,6-7,15H2,1H3,(H,16,19)(H,17,18). The molecule has 0 aliphatic carbocycles. The first-order valence-electron chi connectivity index (χ1n) is 6.28. The third kappa shape index (κ3) is 2.93. The fourth-order valence-corrected chi connectivity index (χ4v) is 2.10. The van der Waals surface area contributed by atoms with Gasteiger partial charge in [0.15, 0.2) is 0 Å². The molecule has 0 unspecified atom stereocenters. The van der Waals surface area contributed by atoms with Crippen LogP contribution in [0, 0.1) is 6.92 Å². The van der Waals surface area contributed by atoms with Crippen LogP contribution < -0.4 is 16.4 Å². The third-order valence-corrected chi connectivity index (χ3v) is 3.01. The molecule has 0 aliphatic heterocycles. The van der Waals surface area contributed by atoms with Crippen molar-refractivity contribution in [2.24, 2.45) is 0 Å². The average molecular weight is 258 g/mol. The van der Waals surface area contributed by atoms with E-state index in [1.54, 1.807) is 0 Å². The number of rotatable bonds is 6. The molecule has 0 radical (unpaired) electrons. The number of aromatic nitrogens is 1. The maximum Gasteiger partial charge on any atom is 0.207 e. The largest absolute Gasteiger partial charge is 0.398 e.